The Balaban J connectivity index is 2.29. The van der Waals surface area contributed by atoms with Gasteiger partial charge in [-0.3, -0.25) is 0 Å². The number of halogens is 1. The van der Waals surface area contributed by atoms with Crippen molar-refractivity contribution >= 4 is 12.7 Å². The van der Waals surface area contributed by atoms with Gasteiger partial charge in [0.05, 0.1) is 23.4 Å². The summed E-state index contributed by atoms with van der Waals surface area (Å²) in [5.74, 6) is 0. The molecule has 1 aliphatic rings. The van der Waals surface area contributed by atoms with Crippen molar-refractivity contribution in [2.24, 2.45) is 0 Å². The summed E-state index contributed by atoms with van der Waals surface area (Å²) in [6.07, 6.45) is 0.456. The monoisotopic (exact) mass is 348 g/mol. The van der Waals surface area contributed by atoms with Crippen molar-refractivity contribution in [3.63, 3.8) is 0 Å². The smallest absolute Gasteiger partial charge is 0.398 e. The molecule has 0 bridgehead atoms. The zero-order chi connectivity index (χ0) is 18.9. The Kier molecular flexibility index (Phi) is 5.82. The molecule has 1 aromatic carbocycles. The van der Waals surface area contributed by atoms with Gasteiger partial charge in [-0.25, -0.2) is 4.39 Å². The lowest BCUT2D eigenvalue weighted by molar-refractivity contribution is 0.000564. The molecule has 0 saturated carbocycles. The topological polar surface area (TPSA) is 27.7 Å². The molecule has 0 atom stereocenters. The van der Waals surface area contributed by atoms with Crippen LogP contribution in [-0.2, 0) is 14.0 Å². The lowest BCUT2D eigenvalue weighted by atomic mass is 9.82. The maximum absolute atomic E-state index is 15.3. The lowest BCUT2D eigenvalue weighted by Crippen LogP contribution is -2.41. The molecule has 3 nitrogen and oxygen atoms in total. The predicted octanol–water partition coefficient (Wildman–Crippen LogP) is 5.20. The SMILES string of the molecule is CC(C)(C)OCCC(=C(F)B1OC(C)(C)C(C)(C)O1)c1ccccc1. The van der Waals surface area contributed by atoms with Crippen LogP contribution in [0.25, 0.3) is 5.57 Å². The molecule has 2 rings (SSSR count). The molecule has 1 saturated heterocycles. The Hall–Kier alpha value is -1.17. The highest BCUT2D eigenvalue weighted by Crippen LogP contribution is 2.40. The number of ether oxygens (including phenoxy) is 1. The van der Waals surface area contributed by atoms with Crippen LogP contribution in [0.2, 0.25) is 0 Å². The summed E-state index contributed by atoms with van der Waals surface area (Å²) in [5, 5.41) is 0. The van der Waals surface area contributed by atoms with Crippen LogP contribution in [0.1, 0.15) is 60.5 Å². The molecular formula is C20H30BFO3. The van der Waals surface area contributed by atoms with E-state index in [2.05, 4.69) is 0 Å². The van der Waals surface area contributed by atoms with E-state index in [4.69, 9.17) is 14.0 Å². The highest BCUT2D eigenvalue weighted by Gasteiger charge is 2.53. The summed E-state index contributed by atoms with van der Waals surface area (Å²) < 4.78 is 32.9. The Bertz CT molecular complexity index is 602. The third-order valence-electron chi connectivity index (χ3n) is 4.76. The van der Waals surface area contributed by atoms with Gasteiger partial charge in [0.15, 0.2) is 0 Å². The average molecular weight is 348 g/mol. The Labute approximate surface area is 151 Å². The number of rotatable bonds is 5. The van der Waals surface area contributed by atoms with Gasteiger partial charge in [-0.2, -0.15) is 0 Å². The molecule has 0 aromatic heterocycles. The quantitative estimate of drug-likeness (QED) is 0.684. The molecule has 0 N–H and O–H groups in total. The standard InChI is InChI=1S/C20H30BFO3/c1-18(2,3)23-14-13-16(15-11-9-8-10-12-15)17(22)21-24-19(4,5)20(6,7)25-21/h8-12H,13-14H2,1-7H3. The fraction of sp³-hybridized carbons (Fsp3) is 0.600. The first kappa shape index (κ1) is 20.2. The largest absolute Gasteiger partial charge is 0.525 e. The van der Waals surface area contributed by atoms with E-state index >= 15 is 4.39 Å². The number of benzene rings is 1. The van der Waals surface area contributed by atoms with Crippen LogP contribution >= 0.6 is 0 Å². The average Bonchev–Trinajstić information content (AvgIpc) is 2.71. The van der Waals surface area contributed by atoms with Crippen LogP contribution in [0.4, 0.5) is 4.39 Å². The van der Waals surface area contributed by atoms with Gasteiger partial charge in [0.25, 0.3) is 0 Å². The molecule has 1 aliphatic heterocycles. The lowest BCUT2D eigenvalue weighted by Gasteiger charge is -2.32. The minimum absolute atomic E-state index is 0.261. The van der Waals surface area contributed by atoms with Gasteiger partial charge in [0, 0.05) is 0 Å². The van der Waals surface area contributed by atoms with Crippen molar-refractivity contribution in [3.8, 4) is 0 Å². The van der Waals surface area contributed by atoms with E-state index in [-0.39, 0.29) is 11.3 Å². The molecule has 1 heterocycles. The molecule has 0 amide bonds. The van der Waals surface area contributed by atoms with Crippen molar-refractivity contribution in [2.45, 2.75) is 71.7 Å². The van der Waals surface area contributed by atoms with Crippen molar-refractivity contribution in [1.82, 2.24) is 0 Å². The second kappa shape index (κ2) is 7.22. The van der Waals surface area contributed by atoms with Crippen molar-refractivity contribution in [3.05, 3.63) is 41.6 Å². The highest BCUT2D eigenvalue weighted by molar-refractivity contribution is 6.55. The van der Waals surface area contributed by atoms with E-state index in [9.17, 15) is 0 Å². The maximum atomic E-state index is 15.3. The molecule has 1 aromatic rings. The first-order valence-electron chi connectivity index (χ1n) is 8.86. The zero-order valence-electron chi connectivity index (χ0n) is 16.5. The van der Waals surface area contributed by atoms with Gasteiger partial charge >= 0.3 is 7.12 Å². The molecule has 1 fully saturated rings. The first-order valence-corrected chi connectivity index (χ1v) is 8.86. The third kappa shape index (κ3) is 4.93. The normalized spacial score (nSPS) is 20.6. The molecule has 0 aliphatic carbocycles. The van der Waals surface area contributed by atoms with Crippen LogP contribution in [0.15, 0.2) is 36.1 Å². The van der Waals surface area contributed by atoms with Crippen LogP contribution in [0, 0.1) is 0 Å². The molecule has 0 radical (unpaired) electrons. The summed E-state index contributed by atoms with van der Waals surface area (Å²) in [6.45, 7) is 14.1. The molecule has 0 spiro atoms. The minimum Gasteiger partial charge on any atom is -0.398 e. The van der Waals surface area contributed by atoms with Gasteiger partial charge in [-0.1, -0.05) is 30.3 Å². The van der Waals surface area contributed by atoms with Crippen molar-refractivity contribution in [1.29, 1.82) is 0 Å². The van der Waals surface area contributed by atoms with Gasteiger partial charge in [-0.15, -0.1) is 0 Å². The summed E-state index contributed by atoms with van der Waals surface area (Å²) in [7, 11) is -0.991. The second-order valence-corrected chi connectivity index (χ2v) is 8.49. The number of hydrogen-bond acceptors (Lipinski definition) is 3. The maximum Gasteiger partial charge on any atom is 0.525 e. The van der Waals surface area contributed by atoms with Crippen molar-refractivity contribution < 1.29 is 18.4 Å². The van der Waals surface area contributed by atoms with E-state index in [1.54, 1.807) is 0 Å². The summed E-state index contributed by atoms with van der Waals surface area (Å²) >= 11 is 0. The fourth-order valence-corrected chi connectivity index (χ4v) is 2.59. The molecular weight excluding hydrogens is 318 g/mol. The Morgan fingerprint density at radius 3 is 2.04 bits per heavy atom. The van der Waals surface area contributed by atoms with Gasteiger partial charge < -0.3 is 14.0 Å². The van der Waals surface area contributed by atoms with Crippen molar-refractivity contribution in [2.75, 3.05) is 6.61 Å². The van der Waals surface area contributed by atoms with Gasteiger partial charge in [0.1, 0.15) is 5.73 Å². The Morgan fingerprint density at radius 2 is 1.56 bits per heavy atom. The summed E-state index contributed by atoms with van der Waals surface area (Å²) in [4.78, 5) is 0. The second-order valence-electron chi connectivity index (χ2n) is 8.49. The molecule has 138 valence electrons. The van der Waals surface area contributed by atoms with Crippen LogP contribution < -0.4 is 0 Å². The molecule has 25 heavy (non-hydrogen) atoms. The zero-order valence-corrected chi connectivity index (χ0v) is 16.5. The Morgan fingerprint density at radius 1 is 1.04 bits per heavy atom. The van der Waals surface area contributed by atoms with Crippen LogP contribution in [-0.4, -0.2) is 30.5 Å². The third-order valence-corrected chi connectivity index (χ3v) is 4.76. The number of hydrogen-bond donors (Lipinski definition) is 0. The van der Waals surface area contributed by atoms with E-state index in [0.29, 0.717) is 18.6 Å². The molecule has 0 unspecified atom stereocenters. The summed E-state index contributed by atoms with van der Waals surface area (Å²) in [6, 6.07) is 9.52. The van der Waals surface area contributed by atoms with E-state index in [1.807, 2.05) is 78.8 Å². The van der Waals surface area contributed by atoms with E-state index in [0.717, 1.165) is 5.56 Å². The van der Waals surface area contributed by atoms with E-state index < -0.39 is 18.3 Å². The van der Waals surface area contributed by atoms with E-state index in [1.165, 1.54) is 0 Å². The van der Waals surface area contributed by atoms with Crippen LogP contribution in [0.5, 0.6) is 0 Å². The highest BCUT2D eigenvalue weighted by atomic mass is 19.1. The first-order chi connectivity index (χ1) is 11.4. The minimum atomic E-state index is -0.991. The fourth-order valence-electron chi connectivity index (χ4n) is 2.59. The summed E-state index contributed by atoms with van der Waals surface area (Å²) in [5.41, 5.74) is -0.377. The van der Waals surface area contributed by atoms with Gasteiger partial charge in [-0.05, 0) is 66.0 Å². The van der Waals surface area contributed by atoms with Gasteiger partial charge in [0.2, 0.25) is 0 Å². The molecule has 5 heteroatoms. The van der Waals surface area contributed by atoms with Crippen LogP contribution in [0.3, 0.4) is 0 Å². The predicted molar refractivity (Wildman–Crippen MR) is 101 cm³/mol.